The van der Waals surface area contributed by atoms with Crippen LogP contribution in [0.25, 0.3) is 0 Å². The Kier molecular flexibility index (Phi) is 4.86. The van der Waals surface area contributed by atoms with E-state index in [4.69, 9.17) is 23.2 Å². The fourth-order valence-electron chi connectivity index (χ4n) is 1.62. The van der Waals surface area contributed by atoms with Crippen LogP contribution in [-0.2, 0) is 6.54 Å². The van der Waals surface area contributed by atoms with Gasteiger partial charge in [0.05, 0.1) is 4.92 Å². The molecule has 20 heavy (non-hydrogen) atoms. The maximum absolute atomic E-state index is 10.7. The van der Waals surface area contributed by atoms with Crippen molar-refractivity contribution in [2.24, 2.45) is 0 Å². The van der Waals surface area contributed by atoms with Gasteiger partial charge in [0, 0.05) is 38.9 Å². The molecule has 0 aliphatic rings. The van der Waals surface area contributed by atoms with Crippen LogP contribution in [0.4, 0.5) is 11.4 Å². The average Bonchev–Trinajstić information content (AvgIpc) is 2.38. The minimum atomic E-state index is -0.440. The van der Waals surface area contributed by atoms with Crippen LogP contribution in [-0.4, -0.2) is 4.92 Å². The van der Waals surface area contributed by atoms with E-state index < -0.39 is 4.92 Å². The summed E-state index contributed by atoms with van der Waals surface area (Å²) in [4.78, 5) is 10.2. The van der Waals surface area contributed by atoms with Crippen molar-refractivity contribution in [3.63, 3.8) is 0 Å². The number of halogens is 3. The minimum Gasteiger partial charge on any atom is -0.380 e. The molecule has 0 bridgehead atoms. The Morgan fingerprint density at radius 2 is 1.95 bits per heavy atom. The fourth-order valence-corrected chi connectivity index (χ4v) is 2.60. The highest BCUT2D eigenvalue weighted by Crippen LogP contribution is 2.28. The summed E-state index contributed by atoms with van der Waals surface area (Å²) >= 11 is 15.2. The van der Waals surface area contributed by atoms with Crippen molar-refractivity contribution in [1.82, 2.24) is 0 Å². The fraction of sp³-hybridized carbons (Fsp3) is 0.0769. The second-order valence-corrected chi connectivity index (χ2v) is 5.71. The van der Waals surface area contributed by atoms with Gasteiger partial charge in [0.25, 0.3) is 5.69 Å². The third kappa shape index (κ3) is 3.62. The van der Waals surface area contributed by atoms with Gasteiger partial charge in [-0.25, -0.2) is 0 Å². The maximum Gasteiger partial charge on any atom is 0.270 e. The number of anilines is 1. The second-order valence-electron chi connectivity index (χ2n) is 4.01. The Labute approximate surface area is 134 Å². The van der Waals surface area contributed by atoms with Gasteiger partial charge in [-0.1, -0.05) is 29.3 Å². The summed E-state index contributed by atoms with van der Waals surface area (Å²) in [6.07, 6.45) is 0. The first-order chi connectivity index (χ1) is 9.47. The SMILES string of the molecule is O=[N+]([O-])c1ccc(NCc2ccc(Cl)cc2Cl)c(Br)c1. The van der Waals surface area contributed by atoms with E-state index in [0.29, 0.717) is 21.1 Å². The molecule has 0 unspecified atom stereocenters. The first-order valence-electron chi connectivity index (χ1n) is 5.59. The molecule has 0 saturated heterocycles. The molecule has 2 rings (SSSR count). The lowest BCUT2D eigenvalue weighted by Gasteiger charge is -2.10. The molecule has 0 amide bonds. The number of benzene rings is 2. The minimum absolute atomic E-state index is 0.0342. The van der Waals surface area contributed by atoms with E-state index in [-0.39, 0.29) is 5.69 Å². The number of non-ortho nitro benzene ring substituents is 1. The lowest BCUT2D eigenvalue weighted by molar-refractivity contribution is -0.384. The van der Waals surface area contributed by atoms with Crippen LogP contribution in [0, 0.1) is 10.1 Å². The molecular formula is C13H9BrCl2N2O2. The summed E-state index contributed by atoms with van der Waals surface area (Å²) in [5.74, 6) is 0. The topological polar surface area (TPSA) is 55.2 Å². The molecule has 7 heteroatoms. The van der Waals surface area contributed by atoms with Gasteiger partial charge in [-0.2, -0.15) is 0 Å². The molecule has 0 radical (unpaired) electrons. The van der Waals surface area contributed by atoms with Crippen molar-refractivity contribution in [1.29, 1.82) is 0 Å². The van der Waals surface area contributed by atoms with Gasteiger partial charge >= 0.3 is 0 Å². The largest absolute Gasteiger partial charge is 0.380 e. The average molecular weight is 376 g/mol. The Balaban J connectivity index is 2.13. The van der Waals surface area contributed by atoms with Gasteiger partial charge in [0.2, 0.25) is 0 Å². The first kappa shape index (κ1) is 15.1. The predicted molar refractivity (Wildman–Crippen MR) is 84.6 cm³/mol. The molecule has 4 nitrogen and oxygen atoms in total. The number of nitro groups is 1. The number of hydrogen-bond acceptors (Lipinski definition) is 3. The lowest BCUT2D eigenvalue weighted by atomic mass is 10.2. The van der Waals surface area contributed by atoms with E-state index in [1.165, 1.54) is 12.1 Å². The molecule has 0 heterocycles. The summed E-state index contributed by atoms with van der Waals surface area (Å²) in [5.41, 5.74) is 1.68. The van der Waals surface area contributed by atoms with E-state index in [9.17, 15) is 10.1 Å². The van der Waals surface area contributed by atoms with Crippen LogP contribution >= 0.6 is 39.1 Å². The first-order valence-corrected chi connectivity index (χ1v) is 7.14. The molecule has 0 atom stereocenters. The number of nitro benzene ring substituents is 1. The van der Waals surface area contributed by atoms with Gasteiger partial charge < -0.3 is 5.32 Å². The molecule has 2 aromatic rings. The Hall–Kier alpha value is -1.30. The van der Waals surface area contributed by atoms with Gasteiger partial charge in [-0.3, -0.25) is 10.1 Å². The Morgan fingerprint density at radius 3 is 2.55 bits per heavy atom. The zero-order chi connectivity index (χ0) is 14.7. The predicted octanol–water partition coefficient (Wildman–Crippen LogP) is 5.28. The molecule has 0 fully saturated rings. The third-order valence-electron chi connectivity index (χ3n) is 2.65. The molecule has 0 aliphatic heterocycles. The van der Waals surface area contributed by atoms with Crippen LogP contribution in [0.1, 0.15) is 5.56 Å². The third-order valence-corrected chi connectivity index (χ3v) is 3.89. The van der Waals surface area contributed by atoms with Crippen LogP contribution in [0.5, 0.6) is 0 Å². The number of hydrogen-bond donors (Lipinski definition) is 1. The maximum atomic E-state index is 10.7. The molecule has 0 saturated carbocycles. The molecule has 0 aromatic heterocycles. The Bertz CT molecular complexity index is 665. The standard InChI is InChI=1S/C13H9BrCl2N2O2/c14-11-6-10(18(19)20)3-4-13(11)17-7-8-1-2-9(15)5-12(8)16/h1-6,17H,7H2. The Morgan fingerprint density at radius 1 is 1.20 bits per heavy atom. The molecule has 0 spiro atoms. The molecule has 0 aliphatic carbocycles. The summed E-state index contributed by atoms with van der Waals surface area (Å²) in [6.45, 7) is 0.492. The molecule has 104 valence electrons. The molecule has 2 aromatic carbocycles. The second kappa shape index (κ2) is 6.43. The number of nitrogens with zero attached hydrogens (tertiary/aromatic N) is 1. The molecular weight excluding hydrogens is 367 g/mol. The monoisotopic (exact) mass is 374 g/mol. The van der Waals surface area contributed by atoms with E-state index in [1.54, 1.807) is 18.2 Å². The van der Waals surface area contributed by atoms with E-state index in [2.05, 4.69) is 21.2 Å². The van der Waals surface area contributed by atoms with E-state index in [0.717, 1.165) is 11.3 Å². The summed E-state index contributed by atoms with van der Waals surface area (Å²) in [5, 5.41) is 15.0. The number of nitrogens with one attached hydrogen (secondary N) is 1. The van der Waals surface area contributed by atoms with Gasteiger partial charge in [0.1, 0.15) is 0 Å². The van der Waals surface area contributed by atoms with Gasteiger partial charge in [-0.15, -0.1) is 0 Å². The van der Waals surface area contributed by atoms with Crippen LogP contribution in [0.3, 0.4) is 0 Å². The van der Waals surface area contributed by atoms with Crippen molar-refractivity contribution in [3.8, 4) is 0 Å². The summed E-state index contributed by atoms with van der Waals surface area (Å²) < 4.78 is 0.622. The lowest BCUT2D eigenvalue weighted by Crippen LogP contribution is -2.01. The van der Waals surface area contributed by atoms with Crippen molar-refractivity contribution >= 4 is 50.5 Å². The zero-order valence-corrected chi connectivity index (χ0v) is 13.2. The van der Waals surface area contributed by atoms with Crippen molar-refractivity contribution in [2.75, 3.05) is 5.32 Å². The highest BCUT2D eigenvalue weighted by Gasteiger charge is 2.09. The van der Waals surface area contributed by atoms with Gasteiger partial charge in [-0.05, 0) is 39.7 Å². The number of rotatable bonds is 4. The van der Waals surface area contributed by atoms with E-state index in [1.807, 2.05) is 6.07 Å². The van der Waals surface area contributed by atoms with Gasteiger partial charge in [0.15, 0.2) is 0 Å². The van der Waals surface area contributed by atoms with Crippen LogP contribution in [0.15, 0.2) is 40.9 Å². The normalized spacial score (nSPS) is 10.3. The van der Waals surface area contributed by atoms with Crippen LogP contribution < -0.4 is 5.32 Å². The highest BCUT2D eigenvalue weighted by molar-refractivity contribution is 9.10. The van der Waals surface area contributed by atoms with Crippen molar-refractivity contribution in [3.05, 3.63) is 66.6 Å². The molecule has 1 N–H and O–H groups in total. The summed E-state index contributed by atoms with van der Waals surface area (Å²) in [6, 6.07) is 9.80. The van der Waals surface area contributed by atoms with Crippen LogP contribution in [0.2, 0.25) is 10.0 Å². The zero-order valence-electron chi connectivity index (χ0n) is 10.1. The summed E-state index contributed by atoms with van der Waals surface area (Å²) in [7, 11) is 0. The smallest absolute Gasteiger partial charge is 0.270 e. The quantitative estimate of drug-likeness (QED) is 0.584. The van der Waals surface area contributed by atoms with E-state index >= 15 is 0 Å². The van der Waals surface area contributed by atoms with Crippen molar-refractivity contribution < 1.29 is 4.92 Å². The van der Waals surface area contributed by atoms with Crippen molar-refractivity contribution in [2.45, 2.75) is 6.54 Å². The highest BCUT2D eigenvalue weighted by atomic mass is 79.9.